The van der Waals surface area contributed by atoms with Crippen molar-refractivity contribution in [1.29, 1.82) is 0 Å². The number of aryl methyl sites for hydroxylation is 1. The normalized spacial score (nSPS) is 11.6. The van der Waals surface area contributed by atoms with Crippen molar-refractivity contribution in [2.24, 2.45) is 0 Å². The summed E-state index contributed by atoms with van der Waals surface area (Å²) in [7, 11) is 1.58. The molecule has 0 saturated heterocycles. The smallest absolute Gasteiger partial charge is 0.263 e. The van der Waals surface area contributed by atoms with Gasteiger partial charge in [0.05, 0.1) is 6.54 Å². The maximum atomic E-state index is 12.4. The van der Waals surface area contributed by atoms with Gasteiger partial charge in [0.2, 0.25) is 5.91 Å². The summed E-state index contributed by atoms with van der Waals surface area (Å²) in [6, 6.07) is 12.5. The highest BCUT2D eigenvalue weighted by atomic mass is 35.5. The summed E-state index contributed by atoms with van der Waals surface area (Å²) < 4.78 is 5.61. The van der Waals surface area contributed by atoms with Crippen LogP contribution in [0.3, 0.4) is 0 Å². The number of carbonyl (C=O) groups excluding carboxylic acids is 2. The molecule has 2 aromatic rings. The summed E-state index contributed by atoms with van der Waals surface area (Å²) in [4.78, 5) is 26.0. The molecule has 1 atom stereocenters. The molecule has 2 rings (SSSR count). The monoisotopic (exact) mass is 374 g/mol. The van der Waals surface area contributed by atoms with Crippen LogP contribution in [0.4, 0.5) is 5.69 Å². The summed E-state index contributed by atoms with van der Waals surface area (Å²) in [5.41, 5.74) is 2.85. The van der Waals surface area contributed by atoms with E-state index in [1.807, 2.05) is 32.0 Å². The largest absolute Gasteiger partial charge is 0.481 e. The molecule has 0 fully saturated rings. The van der Waals surface area contributed by atoms with Gasteiger partial charge in [0.15, 0.2) is 6.10 Å². The second-order valence-electron chi connectivity index (χ2n) is 6.20. The van der Waals surface area contributed by atoms with E-state index in [2.05, 4.69) is 5.32 Å². The zero-order valence-electron chi connectivity index (χ0n) is 15.4. The van der Waals surface area contributed by atoms with Crippen LogP contribution in [0.25, 0.3) is 0 Å². The molecule has 0 spiro atoms. The van der Waals surface area contributed by atoms with Crippen LogP contribution in [0.5, 0.6) is 5.75 Å². The fourth-order valence-electron chi connectivity index (χ4n) is 2.45. The van der Waals surface area contributed by atoms with E-state index in [1.165, 1.54) is 4.90 Å². The minimum atomic E-state index is -0.713. The van der Waals surface area contributed by atoms with Gasteiger partial charge >= 0.3 is 0 Å². The Bertz CT molecular complexity index is 790. The van der Waals surface area contributed by atoms with Crippen LogP contribution in [0.2, 0.25) is 5.02 Å². The summed E-state index contributed by atoms with van der Waals surface area (Å²) in [6.07, 6.45) is -0.713. The van der Waals surface area contributed by atoms with E-state index in [-0.39, 0.29) is 18.4 Å². The maximum Gasteiger partial charge on any atom is 0.263 e. The van der Waals surface area contributed by atoms with Crippen LogP contribution in [0.15, 0.2) is 42.5 Å². The van der Waals surface area contributed by atoms with Gasteiger partial charge in [-0.3, -0.25) is 9.59 Å². The third-order valence-electron chi connectivity index (χ3n) is 4.11. The highest BCUT2D eigenvalue weighted by Crippen LogP contribution is 2.19. The molecular weight excluding hydrogens is 352 g/mol. The number of rotatable bonds is 6. The van der Waals surface area contributed by atoms with Crippen molar-refractivity contribution in [3.05, 3.63) is 58.6 Å². The summed E-state index contributed by atoms with van der Waals surface area (Å²) >= 11 is 5.83. The van der Waals surface area contributed by atoms with Gasteiger partial charge in [-0.2, -0.15) is 0 Å². The Balaban J connectivity index is 1.91. The van der Waals surface area contributed by atoms with Crippen LogP contribution in [0.1, 0.15) is 18.1 Å². The van der Waals surface area contributed by atoms with Gasteiger partial charge in [0, 0.05) is 17.8 Å². The molecule has 5 nitrogen and oxygen atoms in total. The number of ether oxygens (including phenoxy) is 1. The van der Waals surface area contributed by atoms with Crippen molar-refractivity contribution >= 4 is 29.1 Å². The molecule has 1 unspecified atom stereocenters. The minimum absolute atomic E-state index is 0.0550. The number of halogens is 1. The molecule has 1 N–H and O–H groups in total. The third-order valence-corrected chi connectivity index (χ3v) is 4.36. The van der Waals surface area contributed by atoms with Crippen LogP contribution in [-0.4, -0.2) is 36.4 Å². The van der Waals surface area contributed by atoms with E-state index in [9.17, 15) is 9.59 Å². The van der Waals surface area contributed by atoms with Crippen LogP contribution in [-0.2, 0) is 9.59 Å². The van der Waals surface area contributed by atoms with Crippen molar-refractivity contribution in [3.63, 3.8) is 0 Å². The Kier molecular flexibility index (Phi) is 6.64. The van der Waals surface area contributed by atoms with Crippen molar-refractivity contribution in [2.45, 2.75) is 26.9 Å². The number of likely N-dealkylation sites (N-methyl/N-ethyl adjacent to an activating group) is 1. The van der Waals surface area contributed by atoms with Crippen molar-refractivity contribution in [3.8, 4) is 5.75 Å². The zero-order chi connectivity index (χ0) is 19.3. The molecule has 6 heteroatoms. The number of nitrogens with zero attached hydrogens (tertiary/aromatic N) is 1. The van der Waals surface area contributed by atoms with Gasteiger partial charge in [-0.15, -0.1) is 0 Å². The van der Waals surface area contributed by atoms with Crippen LogP contribution < -0.4 is 10.1 Å². The molecule has 0 bridgehead atoms. The van der Waals surface area contributed by atoms with Crippen LogP contribution in [0, 0.1) is 13.8 Å². The maximum absolute atomic E-state index is 12.4. The second-order valence-corrected chi connectivity index (χ2v) is 6.64. The fourth-order valence-corrected chi connectivity index (χ4v) is 2.57. The van der Waals surface area contributed by atoms with Gasteiger partial charge in [-0.25, -0.2) is 0 Å². The van der Waals surface area contributed by atoms with E-state index in [0.29, 0.717) is 10.8 Å². The fraction of sp³-hybridized carbons (Fsp3) is 0.300. The van der Waals surface area contributed by atoms with E-state index in [1.54, 1.807) is 38.2 Å². The van der Waals surface area contributed by atoms with Gasteiger partial charge < -0.3 is 15.0 Å². The number of carbonyl (C=O) groups is 2. The topological polar surface area (TPSA) is 58.6 Å². The van der Waals surface area contributed by atoms with Crippen molar-refractivity contribution in [1.82, 2.24) is 4.90 Å². The SMILES string of the molecule is Cc1cccc(NC(=O)CN(C)C(=O)C(C)Oc2ccc(Cl)cc2)c1C. The number of hydrogen-bond donors (Lipinski definition) is 1. The first-order chi connectivity index (χ1) is 12.3. The highest BCUT2D eigenvalue weighted by Gasteiger charge is 2.21. The Labute approximate surface area is 158 Å². The van der Waals surface area contributed by atoms with Crippen LogP contribution >= 0.6 is 11.6 Å². The molecule has 0 aliphatic rings. The average molecular weight is 375 g/mol. The first-order valence-electron chi connectivity index (χ1n) is 8.31. The average Bonchev–Trinajstić information content (AvgIpc) is 2.60. The second kappa shape index (κ2) is 8.72. The molecule has 0 aliphatic heterocycles. The number of nitrogens with one attached hydrogen (secondary N) is 1. The number of hydrogen-bond acceptors (Lipinski definition) is 3. The molecule has 0 aliphatic carbocycles. The molecule has 26 heavy (non-hydrogen) atoms. The quantitative estimate of drug-likeness (QED) is 0.836. The molecule has 2 amide bonds. The Morgan fingerprint density at radius 2 is 1.81 bits per heavy atom. The van der Waals surface area contributed by atoms with E-state index in [0.717, 1.165) is 16.8 Å². The lowest BCUT2D eigenvalue weighted by molar-refractivity contribution is -0.139. The van der Waals surface area contributed by atoms with E-state index < -0.39 is 6.10 Å². The highest BCUT2D eigenvalue weighted by molar-refractivity contribution is 6.30. The number of anilines is 1. The summed E-state index contributed by atoms with van der Waals surface area (Å²) in [5.74, 6) is 0.00722. The number of amides is 2. The lowest BCUT2D eigenvalue weighted by atomic mass is 10.1. The van der Waals surface area contributed by atoms with E-state index in [4.69, 9.17) is 16.3 Å². The Morgan fingerprint density at radius 1 is 1.15 bits per heavy atom. The molecule has 0 aromatic heterocycles. The molecule has 138 valence electrons. The minimum Gasteiger partial charge on any atom is -0.481 e. The van der Waals surface area contributed by atoms with Gasteiger partial charge in [-0.1, -0.05) is 23.7 Å². The number of benzene rings is 2. The molecular formula is C20H23ClN2O3. The molecule has 2 aromatic carbocycles. The summed E-state index contributed by atoms with van der Waals surface area (Å²) in [6.45, 7) is 5.52. The van der Waals surface area contributed by atoms with Crippen molar-refractivity contribution in [2.75, 3.05) is 18.9 Å². The standard InChI is InChI=1S/C20H23ClN2O3/c1-13-6-5-7-18(14(13)2)22-19(24)12-23(4)20(25)15(3)26-17-10-8-16(21)9-11-17/h5-11,15H,12H2,1-4H3,(H,22,24). The predicted molar refractivity (Wildman–Crippen MR) is 104 cm³/mol. The molecule has 0 saturated carbocycles. The Morgan fingerprint density at radius 3 is 2.46 bits per heavy atom. The summed E-state index contributed by atoms with van der Waals surface area (Å²) in [5, 5.41) is 3.44. The van der Waals surface area contributed by atoms with Crippen molar-refractivity contribution < 1.29 is 14.3 Å². The van der Waals surface area contributed by atoms with E-state index >= 15 is 0 Å². The molecule has 0 radical (unpaired) electrons. The third kappa shape index (κ3) is 5.23. The molecule has 0 heterocycles. The predicted octanol–water partition coefficient (Wildman–Crippen LogP) is 3.82. The Hall–Kier alpha value is -2.53. The lowest BCUT2D eigenvalue weighted by Crippen LogP contribution is -2.42. The van der Waals surface area contributed by atoms with Gasteiger partial charge in [0.25, 0.3) is 5.91 Å². The zero-order valence-corrected chi connectivity index (χ0v) is 16.1. The first kappa shape index (κ1) is 19.8. The van der Waals surface area contributed by atoms with Gasteiger partial charge in [0.1, 0.15) is 5.75 Å². The first-order valence-corrected chi connectivity index (χ1v) is 8.69. The lowest BCUT2D eigenvalue weighted by Gasteiger charge is -2.22. The van der Waals surface area contributed by atoms with Gasteiger partial charge in [-0.05, 0) is 62.2 Å².